The first-order chi connectivity index (χ1) is 13.3. The molecule has 1 heterocycles. The summed E-state index contributed by atoms with van der Waals surface area (Å²) in [6.45, 7) is 1.76. The van der Waals surface area contributed by atoms with Crippen LogP contribution in [0.15, 0.2) is 91.0 Å². The van der Waals surface area contributed by atoms with E-state index in [2.05, 4.69) is 12.1 Å². The van der Waals surface area contributed by atoms with Crippen molar-refractivity contribution in [2.24, 2.45) is 0 Å². The molecule has 27 heavy (non-hydrogen) atoms. The summed E-state index contributed by atoms with van der Waals surface area (Å²) in [4.78, 5) is 15.5. The summed E-state index contributed by atoms with van der Waals surface area (Å²) < 4.78 is 5.94. The summed E-state index contributed by atoms with van der Waals surface area (Å²) in [6, 6.07) is 30.2. The lowest BCUT2D eigenvalue weighted by molar-refractivity contribution is -0.139. The molecule has 1 saturated heterocycles. The van der Waals surface area contributed by atoms with Crippen LogP contribution in [0.25, 0.3) is 0 Å². The molecule has 3 aromatic rings. The van der Waals surface area contributed by atoms with Crippen molar-refractivity contribution in [2.75, 3.05) is 19.7 Å². The van der Waals surface area contributed by atoms with Crippen molar-refractivity contribution in [3.05, 3.63) is 108 Å². The molecule has 0 saturated carbocycles. The maximum Gasteiger partial charge on any atom is 0.234 e. The van der Waals surface area contributed by atoms with Gasteiger partial charge in [-0.15, -0.1) is 0 Å². The fraction of sp³-hybridized carbons (Fsp3) is 0.208. The zero-order chi connectivity index (χ0) is 18.5. The molecule has 0 aliphatic carbocycles. The van der Waals surface area contributed by atoms with Crippen molar-refractivity contribution in [2.45, 2.75) is 12.0 Å². The number of morpholine rings is 1. The van der Waals surface area contributed by atoms with E-state index in [-0.39, 0.29) is 17.9 Å². The number of hydrogen-bond donors (Lipinski definition) is 0. The number of hydrogen-bond acceptors (Lipinski definition) is 2. The largest absolute Gasteiger partial charge is 0.370 e. The Morgan fingerprint density at radius 2 is 1.33 bits per heavy atom. The molecule has 4 rings (SSSR count). The Morgan fingerprint density at radius 1 is 0.815 bits per heavy atom. The molecule has 3 nitrogen and oxygen atoms in total. The third kappa shape index (κ3) is 3.93. The second kappa shape index (κ2) is 8.19. The maximum absolute atomic E-state index is 13.5. The Kier molecular flexibility index (Phi) is 5.31. The molecule has 1 aliphatic rings. The smallest absolute Gasteiger partial charge is 0.234 e. The van der Waals surface area contributed by atoms with E-state index in [4.69, 9.17) is 4.74 Å². The van der Waals surface area contributed by atoms with Gasteiger partial charge in [0.1, 0.15) is 6.10 Å². The molecule has 0 spiro atoms. The maximum atomic E-state index is 13.5. The minimum Gasteiger partial charge on any atom is -0.370 e. The van der Waals surface area contributed by atoms with Crippen LogP contribution in [-0.4, -0.2) is 30.5 Å². The molecule has 0 N–H and O–H groups in total. The van der Waals surface area contributed by atoms with Crippen LogP contribution in [0.2, 0.25) is 0 Å². The molecule has 1 fully saturated rings. The molecule has 1 aliphatic heterocycles. The van der Waals surface area contributed by atoms with Crippen LogP contribution < -0.4 is 0 Å². The molecule has 3 heteroatoms. The third-order valence-corrected chi connectivity index (χ3v) is 5.06. The van der Waals surface area contributed by atoms with Gasteiger partial charge in [0, 0.05) is 6.54 Å². The Labute approximate surface area is 160 Å². The Balaban J connectivity index is 1.61. The van der Waals surface area contributed by atoms with Gasteiger partial charge in [0.05, 0.1) is 19.1 Å². The summed E-state index contributed by atoms with van der Waals surface area (Å²) in [5, 5.41) is 0. The quantitative estimate of drug-likeness (QED) is 0.692. The average molecular weight is 357 g/mol. The monoisotopic (exact) mass is 357 g/mol. The molecule has 1 amide bonds. The normalized spacial score (nSPS) is 17.1. The van der Waals surface area contributed by atoms with Crippen LogP contribution in [0, 0.1) is 0 Å². The van der Waals surface area contributed by atoms with Crippen molar-refractivity contribution in [1.29, 1.82) is 0 Å². The van der Waals surface area contributed by atoms with Crippen LogP contribution in [0.3, 0.4) is 0 Å². The molecule has 1 atom stereocenters. The predicted octanol–water partition coefficient (Wildman–Crippen LogP) is 4.42. The summed E-state index contributed by atoms with van der Waals surface area (Å²) in [6.07, 6.45) is -0.0731. The molecule has 1 unspecified atom stereocenters. The van der Waals surface area contributed by atoms with Crippen LogP contribution in [0.1, 0.15) is 28.7 Å². The molecular weight excluding hydrogens is 334 g/mol. The van der Waals surface area contributed by atoms with Gasteiger partial charge in [0.25, 0.3) is 0 Å². The highest BCUT2D eigenvalue weighted by molar-refractivity contribution is 5.87. The third-order valence-electron chi connectivity index (χ3n) is 5.06. The van der Waals surface area contributed by atoms with Gasteiger partial charge in [-0.1, -0.05) is 91.0 Å². The molecule has 0 radical (unpaired) electrons. The zero-order valence-corrected chi connectivity index (χ0v) is 15.2. The average Bonchev–Trinajstić information content (AvgIpc) is 2.76. The number of amides is 1. The van der Waals surface area contributed by atoms with Crippen molar-refractivity contribution >= 4 is 5.91 Å². The van der Waals surface area contributed by atoms with Crippen molar-refractivity contribution < 1.29 is 9.53 Å². The molecule has 3 aromatic carbocycles. The lowest BCUT2D eigenvalue weighted by Gasteiger charge is -2.35. The Bertz CT molecular complexity index is 825. The summed E-state index contributed by atoms with van der Waals surface area (Å²) >= 11 is 0. The number of nitrogens with zero attached hydrogens (tertiary/aromatic N) is 1. The van der Waals surface area contributed by atoms with E-state index in [0.29, 0.717) is 19.7 Å². The van der Waals surface area contributed by atoms with Gasteiger partial charge in [-0.25, -0.2) is 0 Å². The van der Waals surface area contributed by atoms with E-state index in [1.54, 1.807) is 0 Å². The van der Waals surface area contributed by atoms with Crippen molar-refractivity contribution in [1.82, 2.24) is 4.90 Å². The highest BCUT2D eigenvalue weighted by Crippen LogP contribution is 2.29. The van der Waals surface area contributed by atoms with Crippen LogP contribution in [0.4, 0.5) is 0 Å². The fourth-order valence-electron chi connectivity index (χ4n) is 3.67. The Hall–Kier alpha value is -2.91. The first-order valence-corrected chi connectivity index (χ1v) is 9.38. The fourth-order valence-corrected chi connectivity index (χ4v) is 3.67. The van der Waals surface area contributed by atoms with E-state index in [1.165, 1.54) is 0 Å². The van der Waals surface area contributed by atoms with Crippen molar-refractivity contribution in [3.8, 4) is 0 Å². The minimum atomic E-state index is -0.290. The Morgan fingerprint density at radius 3 is 1.89 bits per heavy atom. The van der Waals surface area contributed by atoms with Gasteiger partial charge in [-0.05, 0) is 16.7 Å². The van der Waals surface area contributed by atoms with Gasteiger partial charge in [-0.2, -0.15) is 0 Å². The first kappa shape index (κ1) is 17.5. The second-order valence-corrected chi connectivity index (χ2v) is 6.81. The van der Waals surface area contributed by atoms with Gasteiger partial charge in [0.15, 0.2) is 0 Å². The number of rotatable bonds is 4. The van der Waals surface area contributed by atoms with Gasteiger partial charge in [-0.3, -0.25) is 4.79 Å². The second-order valence-electron chi connectivity index (χ2n) is 6.81. The van der Waals surface area contributed by atoms with E-state index >= 15 is 0 Å². The zero-order valence-electron chi connectivity index (χ0n) is 15.2. The van der Waals surface area contributed by atoms with E-state index in [1.807, 2.05) is 83.8 Å². The van der Waals surface area contributed by atoms with Crippen LogP contribution in [0.5, 0.6) is 0 Å². The molecule has 136 valence electrons. The molecule has 0 aromatic heterocycles. The topological polar surface area (TPSA) is 29.5 Å². The van der Waals surface area contributed by atoms with Crippen LogP contribution >= 0.6 is 0 Å². The van der Waals surface area contributed by atoms with Crippen LogP contribution in [-0.2, 0) is 9.53 Å². The van der Waals surface area contributed by atoms with Gasteiger partial charge < -0.3 is 9.64 Å². The van der Waals surface area contributed by atoms with Gasteiger partial charge >= 0.3 is 0 Å². The molecule has 0 bridgehead atoms. The number of carbonyl (C=O) groups excluding carboxylic acids is 1. The van der Waals surface area contributed by atoms with E-state index in [0.717, 1.165) is 16.7 Å². The SMILES string of the molecule is O=C(C(c1ccccc1)c1ccccc1)N1CCOC(c2ccccc2)C1. The first-order valence-electron chi connectivity index (χ1n) is 9.38. The highest BCUT2D eigenvalue weighted by Gasteiger charge is 2.31. The van der Waals surface area contributed by atoms with Crippen molar-refractivity contribution in [3.63, 3.8) is 0 Å². The summed E-state index contributed by atoms with van der Waals surface area (Å²) in [5.41, 5.74) is 3.17. The van der Waals surface area contributed by atoms with Gasteiger partial charge in [0.2, 0.25) is 5.91 Å². The lowest BCUT2D eigenvalue weighted by Crippen LogP contribution is -2.44. The molecular formula is C24H23NO2. The standard InChI is InChI=1S/C24H23NO2/c26-24(25-16-17-27-22(18-25)19-10-4-1-5-11-19)23(20-12-6-2-7-13-20)21-14-8-3-9-15-21/h1-15,22-23H,16-18H2. The van der Waals surface area contributed by atoms with E-state index in [9.17, 15) is 4.79 Å². The number of benzene rings is 3. The predicted molar refractivity (Wildman–Crippen MR) is 106 cm³/mol. The summed E-state index contributed by atoms with van der Waals surface area (Å²) in [7, 11) is 0. The highest BCUT2D eigenvalue weighted by atomic mass is 16.5. The summed E-state index contributed by atoms with van der Waals surface area (Å²) in [5.74, 6) is -0.154. The van der Waals surface area contributed by atoms with E-state index < -0.39 is 0 Å². The minimum absolute atomic E-state index is 0.0731. The number of carbonyl (C=O) groups is 1. The number of ether oxygens (including phenoxy) is 1. The lowest BCUT2D eigenvalue weighted by atomic mass is 9.89.